The van der Waals surface area contributed by atoms with Crippen molar-refractivity contribution < 1.29 is 8.95 Å². The van der Waals surface area contributed by atoms with E-state index in [0.29, 0.717) is 5.92 Å². The summed E-state index contributed by atoms with van der Waals surface area (Å²) in [5, 5.41) is 0. The third kappa shape index (κ3) is 4.31. The highest BCUT2D eigenvalue weighted by Gasteiger charge is 2.32. The van der Waals surface area contributed by atoms with Gasteiger partial charge in [0.15, 0.2) is 0 Å². The zero-order chi connectivity index (χ0) is 10.4. The summed E-state index contributed by atoms with van der Waals surface area (Å²) in [4.78, 5) is 0. The summed E-state index contributed by atoms with van der Waals surface area (Å²) < 4.78 is 11.5. The lowest BCUT2D eigenvalue weighted by molar-refractivity contribution is 0.0731. The van der Waals surface area contributed by atoms with Crippen molar-refractivity contribution in [1.29, 1.82) is 0 Å². The van der Waals surface area contributed by atoms with Gasteiger partial charge >= 0.3 is 8.56 Å². The molecule has 0 aromatic carbocycles. The molecule has 0 amide bonds. The quantitative estimate of drug-likeness (QED) is 0.579. The van der Waals surface area contributed by atoms with Gasteiger partial charge in [-0.3, -0.25) is 0 Å². The Labute approximate surface area is 93.2 Å². The number of thiol groups is 1. The van der Waals surface area contributed by atoms with Crippen molar-refractivity contribution in [2.45, 2.75) is 32.4 Å². The molecule has 0 spiro atoms. The van der Waals surface area contributed by atoms with Crippen LogP contribution in [0.2, 0.25) is 12.6 Å². The molecular weight excluding hydrogens is 214 g/mol. The van der Waals surface area contributed by atoms with Gasteiger partial charge in [0.1, 0.15) is 0 Å². The van der Waals surface area contributed by atoms with Crippen molar-refractivity contribution in [2.75, 3.05) is 18.9 Å². The Morgan fingerprint density at radius 2 is 2.36 bits per heavy atom. The van der Waals surface area contributed by atoms with E-state index in [1.54, 1.807) is 0 Å². The Morgan fingerprint density at radius 3 is 3.07 bits per heavy atom. The lowest BCUT2D eigenvalue weighted by atomic mass is 10.1. The molecule has 0 aromatic rings. The molecule has 1 aliphatic heterocycles. The van der Waals surface area contributed by atoms with Gasteiger partial charge in [-0.15, -0.1) is 0 Å². The Balaban J connectivity index is 2.36. The molecule has 0 aromatic heterocycles. The second-order valence-corrected chi connectivity index (χ2v) is 7.86. The number of nitrogens with one attached hydrogen (secondary N) is 1. The van der Waals surface area contributed by atoms with E-state index in [4.69, 9.17) is 8.95 Å². The van der Waals surface area contributed by atoms with Gasteiger partial charge < -0.3 is 8.95 Å². The number of hydrogen-bond donors (Lipinski definition) is 2. The first-order valence-corrected chi connectivity index (χ1v) is 8.47. The Kier molecular flexibility index (Phi) is 5.47. The van der Waals surface area contributed by atoms with Gasteiger partial charge in [0.2, 0.25) is 0 Å². The average Bonchev–Trinajstić information content (AvgIpc) is 2.12. The molecule has 14 heavy (non-hydrogen) atoms. The van der Waals surface area contributed by atoms with Gasteiger partial charge in [0.25, 0.3) is 0 Å². The summed E-state index contributed by atoms with van der Waals surface area (Å²) in [6.07, 6.45) is 2.20. The van der Waals surface area contributed by atoms with Gasteiger partial charge in [0.05, 0.1) is 0 Å². The largest absolute Gasteiger partial charge is 0.394 e. The van der Waals surface area contributed by atoms with Gasteiger partial charge in [-0.05, 0) is 37.1 Å². The van der Waals surface area contributed by atoms with Crippen LogP contribution < -0.4 is 5.48 Å². The highest BCUT2D eigenvalue weighted by atomic mass is 32.1. The van der Waals surface area contributed by atoms with Gasteiger partial charge in [-0.25, -0.2) is 5.48 Å². The summed E-state index contributed by atoms with van der Waals surface area (Å²) in [6, 6.07) is 1.03. The highest BCUT2D eigenvalue weighted by molar-refractivity contribution is 7.80. The van der Waals surface area contributed by atoms with E-state index in [1.165, 1.54) is 0 Å². The minimum Gasteiger partial charge on any atom is -0.394 e. The van der Waals surface area contributed by atoms with Crippen molar-refractivity contribution in [1.82, 2.24) is 5.48 Å². The van der Waals surface area contributed by atoms with Crippen LogP contribution in [0.3, 0.4) is 0 Å². The van der Waals surface area contributed by atoms with Crippen molar-refractivity contribution in [2.24, 2.45) is 5.92 Å². The van der Waals surface area contributed by atoms with Crippen LogP contribution in [0.4, 0.5) is 0 Å². The highest BCUT2D eigenvalue weighted by Crippen LogP contribution is 2.18. The van der Waals surface area contributed by atoms with Crippen molar-refractivity contribution in [3.8, 4) is 0 Å². The predicted molar refractivity (Wildman–Crippen MR) is 63.7 cm³/mol. The van der Waals surface area contributed by atoms with Gasteiger partial charge in [-0.2, -0.15) is 12.6 Å². The topological polar surface area (TPSA) is 30.5 Å². The van der Waals surface area contributed by atoms with Crippen LogP contribution in [-0.2, 0) is 8.95 Å². The van der Waals surface area contributed by atoms with Crippen LogP contribution in [0, 0.1) is 5.92 Å². The molecule has 1 aliphatic rings. The van der Waals surface area contributed by atoms with E-state index in [1.807, 2.05) is 0 Å². The Morgan fingerprint density at radius 1 is 1.57 bits per heavy atom. The lowest BCUT2D eigenvalue weighted by Crippen LogP contribution is -2.46. The molecule has 0 aliphatic carbocycles. The standard InChI is InChI=1S/C9H21NO2SSi/c1-9-4-5-11-14(2,7-3-6-13)12-10-8-9/h9-10,13H,3-8H2,1-2H3. The van der Waals surface area contributed by atoms with Crippen LogP contribution in [-0.4, -0.2) is 27.5 Å². The number of hydrogen-bond acceptors (Lipinski definition) is 4. The molecule has 5 heteroatoms. The Bertz CT molecular complexity index is 161. The summed E-state index contributed by atoms with van der Waals surface area (Å²) in [6.45, 7) is 6.11. The van der Waals surface area contributed by atoms with E-state index in [2.05, 4.69) is 31.6 Å². The Hall–Kier alpha value is 0.447. The van der Waals surface area contributed by atoms with E-state index >= 15 is 0 Å². The van der Waals surface area contributed by atoms with E-state index in [0.717, 1.165) is 37.8 Å². The monoisotopic (exact) mass is 235 g/mol. The van der Waals surface area contributed by atoms with Crippen molar-refractivity contribution >= 4 is 21.2 Å². The maximum absolute atomic E-state index is 5.86. The van der Waals surface area contributed by atoms with Gasteiger partial charge in [0, 0.05) is 13.2 Å². The fraction of sp³-hybridized carbons (Fsp3) is 1.00. The molecule has 2 unspecified atom stereocenters. The molecule has 0 radical (unpaired) electrons. The average molecular weight is 235 g/mol. The third-order valence-corrected chi connectivity index (χ3v) is 5.50. The maximum Gasteiger partial charge on any atom is 0.355 e. The maximum atomic E-state index is 5.86. The normalized spacial score (nSPS) is 34.9. The first-order valence-electron chi connectivity index (χ1n) is 5.32. The smallest absolute Gasteiger partial charge is 0.355 e. The fourth-order valence-corrected chi connectivity index (χ4v) is 3.99. The van der Waals surface area contributed by atoms with Crippen molar-refractivity contribution in [3.63, 3.8) is 0 Å². The van der Waals surface area contributed by atoms with Crippen molar-refractivity contribution in [3.05, 3.63) is 0 Å². The first-order chi connectivity index (χ1) is 6.66. The number of hydroxylamine groups is 1. The summed E-state index contributed by atoms with van der Waals surface area (Å²) in [7, 11) is -1.93. The minimum atomic E-state index is -1.93. The summed E-state index contributed by atoms with van der Waals surface area (Å²) in [5.74, 6) is 1.55. The van der Waals surface area contributed by atoms with Crippen LogP contribution in [0.1, 0.15) is 19.8 Å². The van der Waals surface area contributed by atoms with Crippen LogP contribution >= 0.6 is 12.6 Å². The molecule has 2 atom stereocenters. The zero-order valence-corrected chi connectivity index (χ0v) is 11.0. The number of rotatable bonds is 3. The van der Waals surface area contributed by atoms with E-state index < -0.39 is 8.56 Å². The predicted octanol–water partition coefficient (Wildman–Crippen LogP) is 1.96. The molecule has 84 valence electrons. The fourth-order valence-electron chi connectivity index (χ4n) is 1.47. The van der Waals surface area contributed by atoms with E-state index in [9.17, 15) is 0 Å². The first kappa shape index (κ1) is 12.5. The minimum absolute atomic E-state index is 0.637. The second-order valence-electron chi connectivity index (χ2n) is 4.15. The van der Waals surface area contributed by atoms with E-state index in [-0.39, 0.29) is 0 Å². The summed E-state index contributed by atoms with van der Waals surface area (Å²) in [5.41, 5.74) is 3.05. The molecule has 0 saturated carbocycles. The lowest BCUT2D eigenvalue weighted by Gasteiger charge is -2.30. The van der Waals surface area contributed by atoms with Gasteiger partial charge in [-0.1, -0.05) is 6.92 Å². The SMILES string of the molecule is CC1CCO[Si](C)(CCCS)ONC1. The van der Waals surface area contributed by atoms with Crippen LogP contribution in [0.5, 0.6) is 0 Å². The van der Waals surface area contributed by atoms with Crippen LogP contribution in [0.15, 0.2) is 0 Å². The molecule has 1 saturated heterocycles. The molecular formula is C9H21NO2SSi. The third-order valence-electron chi connectivity index (χ3n) is 2.53. The molecule has 1 rings (SSSR count). The molecule has 1 fully saturated rings. The molecule has 1 heterocycles. The second kappa shape index (κ2) is 6.12. The molecule has 1 N–H and O–H groups in total. The zero-order valence-electron chi connectivity index (χ0n) is 9.08. The summed E-state index contributed by atoms with van der Waals surface area (Å²) >= 11 is 4.21. The molecule has 0 bridgehead atoms. The van der Waals surface area contributed by atoms with Crippen LogP contribution in [0.25, 0.3) is 0 Å². The molecule has 3 nitrogen and oxygen atoms in total.